The predicted molar refractivity (Wildman–Crippen MR) is 108 cm³/mol. The van der Waals surface area contributed by atoms with Crippen LogP contribution < -0.4 is 34.3 Å². The van der Waals surface area contributed by atoms with Crippen molar-refractivity contribution < 1.29 is 81.7 Å². The van der Waals surface area contributed by atoms with E-state index in [4.69, 9.17) is 9.47 Å². The quantitative estimate of drug-likeness (QED) is 0.114. The minimum absolute atomic E-state index is 0. The van der Waals surface area contributed by atoms with Gasteiger partial charge in [-0.15, -0.1) is 0 Å². The van der Waals surface area contributed by atoms with Crippen LogP contribution in [-0.4, -0.2) is 75.8 Å². The van der Waals surface area contributed by atoms with E-state index in [1.807, 2.05) is 0 Å². The maximum absolute atomic E-state index is 10.9. The van der Waals surface area contributed by atoms with Crippen molar-refractivity contribution >= 4 is 22.6 Å². The van der Waals surface area contributed by atoms with Crippen molar-refractivity contribution in [3.8, 4) is 17.2 Å². The Morgan fingerprint density at radius 2 is 1.61 bits per heavy atom. The van der Waals surface area contributed by atoms with Crippen LogP contribution in [0, 0.1) is 0 Å². The fourth-order valence-corrected chi connectivity index (χ4v) is 3.60. The van der Waals surface area contributed by atoms with Gasteiger partial charge in [-0.25, -0.2) is 8.42 Å². The molecule has 2 aromatic rings. The van der Waals surface area contributed by atoms with E-state index in [0.29, 0.717) is 5.56 Å². The Morgan fingerprint density at radius 3 is 2.21 bits per heavy atom. The van der Waals surface area contributed by atoms with E-state index in [0.717, 1.165) is 5.56 Å². The van der Waals surface area contributed by atoms with Crippen molar-refractivity contribution in [3.63, 3.8) is 0 Å². The Kier molecular flexibility index (Phi) is 9.70. The zero-order chi connectivity index (χ0) is 23.5. The third kappa shape index (κ3) is 7.65. The van der Waals surface area contributed by atoms with E-state index in [9.17, 15) is 38.5 Å². The molecular weight excluding hydrogens is 471 g/mol. The molecule has 1 aliphatic heterocycles. The van der Waals surface area contributed by atoms with Crippen LogP contribution in [0.1, 0.15) is 11.1 Å². The van der Waals surface area contributed by atoms with Crippen LogP contribution in [0.4, 0.5) is 0 Å². The molecule has 3 rings (SSSR count). The summed E-state index contributed by atoms with van der Waals surface area (Å²) in [6, 6.07) is 10.5. The van der Waals surface area contributed by atoms with Gasteiger partial charge in [0, 0.05) is 6.07 Å². The van der Waals surface area contributed by atoms with Gasteiger partial charge < -0.3 is 39.6 Å². The van der Waals surface area contributed by atoms with Crippen molar-refractivity contribution in [1.82, 2.24) is 0 Å². The van der Waals surface area contributed by atoms with Gasteiger partial charge in [-0.1, -0.05) is 24.3 Å². The first kappa shape index (κ1) is 27.5. The normalized spacial score (nSPS) is 25.5. The average Bonchev–Trinajstić information content (AvgIpc) is 2.72. The molecule has 0 unspecified atom stereocenters. The maximum atomic E-state index is 10.9. The molecule has 33 heavy (non-hydrogen) atoms. The summed E-state index contributed by atoms with van der Waals surface area (Å²) in [5.41, 5.74) is 1.27. The van der Waals surface area contributed by atoms with Gasteiger partial charge in [0.15, 0.2) is 0 Å². The number of phenols is 2. The third-order valence-corrected chi connectivity index (χ3v) is 5.03. The first-order chi connectivity index (χ1) is 15.1. The summed E-state index contributed by atoms with van der Waals surface area (Å²) in [6.07, 6.45) is -5.33. The van der Waals surface area contributed by atoms with Crippen molar-refractivity contribution in [2.45, 2.75) is 30.7 Å². The third-order valence-electron chi connectivity index (χ3n) is 4.58. The molecule has 0 saturated carbocycles. The zero-order valence-corrected chi connectivity index (χ0v) is 20.2. The van der Waals surface area contributed by atoms with E-state index in [2.05, 4.69) is 4.18 Å². The summed E-state index contributed by atoms with van der Waals surface area (Å²) >= 11 is 0. The van der Waals surface area contributed by atoms with Gasteiger partial charge in [0.05, 0.1) is 6.61 Å². The summed E-state index contributed by atoms with van der Waals surface area (Å²) in [5, 5.41) is 49.1. The van der Waals surface area contributed by atoms with Crippen molar-refractivity contribution in [2.24, 2.45) is 0 Å². The Hall–Kier alpha value is -1.71. The SMILES string of the molecule is O=S(=O)([O-])O[C@H]1[C@H](O)[C@@H](O)[C@H](Oc2cc(O)cc(/C=C/c3ccc(O)cc3)c2)O[C@@H]1CO.[Na+]. The minimum atomic E-state index is -5.25. The molecule has 2 aromatic carbocycles. The molecule has 0 aromatic heterocycles. The summed E-state index contributed by atoms with van der Waals surface area (Å²) in [6.45, 7) is -0.843. The van der Waals surface area contributed by atoms with Crippen LogP contribution in [-0.2, 0) is 19.3 Å². The van der Waals surface area contributed by atoms with Gasteiger partial charge in [-0.2, -0.15) is 0 Å². The topological polar surface area (TPSA) is 186 Å². The number of aromatic hydroxyl groups is 2. The fraction of sp³-hybridized carbons (Fsp3) is 0.300. The van der Waals surface area contributed by atoms with Crippen LogP contribution in [0.15, 0.2) is 42.5 Å². The maximum Gasteiger partial charge on any atom is 1.00 e. The zero-order valence-electron chi connectivity index (χ0n) is 17.4. The Labute approximate surface area is 211 Å². The standard InChI is InChI=1S/C20H22O11S.Na/c21-10-16-19(31-32(26,27)28)17(24)18(25)20(30-16)29-15-8-12(7-14(23)9-15)2-1-11-3-5-13(22)6-4-11;/h1-9,16-25H,10H2,(H,26,27,28);/q;+1/p-1/b2-1+;/t16-,17-,18-,19-,20-;/m1./s1. The second kappa shape index (κ2) is 11.6. The van der Waals surface area contributed by atoms with Crippen LogP contribution in [0.25, 0.3) is 12.2 Å². The first-order valence-electron chi connectivity index (χ1n) is 9.30. The van der Waals surface area contributed by atoms with E-state index in [1.54, 1.807) is 24.3 Å². The number of ether oxygens (including phenoxy) is 2. The molecule has 0 aliphatic carbocycles. The van der Waals surface area contributed by atoms with Gasteiger partial charge in [0.1, 0.15) is 41.7 Å². The second-order valence-corrected chi connectivity index (χ2v) is 7.99. The second-order valence-electron chi connectivity index (χ2n) is 6.98. The molecule has 1 fully saturated rings. The summed E-state index contributed by atoms with van der Waals surface area (Å²) < 4.78 is 47.5. The molecule has 1 saturated heterocycles. The molecule has 5 atom stereocenters. The largest absolute Gasteiger partial charge is 1.00 e. The van der Waals surface area contributed by atoms with Crippen molar-refractivity contribution in [2.75, 3.05) is 6.61 Å². The van der Waals surface area contributed by atoms with Gasteiger partial charge in [0.25, 0.3) is 0 Å². The Morgan fingerprint density at radius 1 is 0.970 bits per heavy atom. The molecule has 13 heteroatoms. The molecule has 174 valence electrons. The van der Waals surface area contributed by atoms with Gasteiger partial charge in [-0.3, -0.25) is 4.18 Å². The van der Waals surface area contributed by atoms with Crippen molar-refractivity contribution in [3.05, 3.63) is 53.6 Å². The molecule has 1 heterocycles. The summed E-state index contributed by atoms with van der Waals surface area (Å²) in [5.74, 6) is -0.0414. The Bertz CT molecular complexity index is 1060. The summed E-state index contributed by atoms with van der Waals surface area (Å²) in [7, 11) is -5.25. The molecule has 0 spiro atoms. The number of hydrogen-bond acceptors (Lipinski definition) is 11. The number of rotatable bonds is 7. The van der Waals surface area contributed by atoms with E-state index in [-0.39, 0.29) is 46.8 Å². The van der Waals surface area contributed by atoms with Gasteiger partial charge >= 0.3 is 29.6 Å². The molecule has 0 amide bonds. The van der Waals surface area contributed by atoms with E-state index >= 15 is 0 Å². The molecule has 11 nitrogen and oxygen atoms in total. The van der Waals surface area contributed by atoms with Crippen LogP contribution in [0.3, 0.4) is 0 Å². The fourth-order valence-electron chi connectivity index (χ4n) is 3.09. The first-order valence-corrected chi connectivity index (χ1v) is 10.6. The number of hydrogen-bond donors (Lipinski definition) is 5. The van der Waals surface area contributed by atoms with Crippen molar-refractivity contribution in [1.29, 1.82) is 0 Å². The molecule has 0 radical (unpaired) electrons. The van der Waals surface area contributed by atoms with Crippen LogP contribution >= 0.6 is 0 Å². The molecule has 0 bridgehead atoms. The minimum Gasteiger partial charge on any atom is -0.726 e. The smallest absolute Gasteiger partial charge is 0.726 e. The monoisotopic (exact) mass is 492 g/mol. The molecule has 5 N–H and O–H groups in total. The molecule has 1 aliphatic rings. The number of benzene rings is 2. The average molecular weight is 492 g/mol. The van der Waals surface area contributed by atoms with E-state index in [1.165, 1.54) is 30.3 Å². The summed E-state index contributed by atoms with van der Waals surface area (Å²) in [4.78, 5) is 0. The Balaban J connectivity index is 0.00000385. The van der Waals surface area contributed by atoms with Crippen LogP contribution in [0.5, 0.6) is 17.2 Å². The van der Waals surface area contributed by atoms with Gasteiger partial charge in [-0.05, 0) is 35.4 Å². The number of phenolic OH excluding ortho intramolecular Hbond substituents is 2. The van der Waals surface area contributed by atoms with Crippen LogP contribution in [0.2, 0.25) is 0 Å². The molecular formula is C20H21NaO11S. The number of aliphatic hydroxyl groups is 3. The van der Waals surface area contributed by atoms with Gasteiger partial charge in [0.2, 0.25) is 16.7 Å². The van der Waals surface area contributed by atoms with E-state index < -0.39 is 47.7 Å². The number of aliphatic hydroxyl groups excluding tert-OH is 3. The predicted octanol–water partition coefficient (Wildman–Crippen LogP) is -3.06.